The van der Waals surface area contributed by atoms with E-state index in [1.807, 2.05) is 0 Å². The molecule has 8 aromatic carbocycles. The number of allylic oxidation sites excluding steroid dienone is 4. The molecule has 16 rings (SSSR count). The van der Waals surface area contributed by atoms with Crippen molar-refractivity contribution in [1.82, 2.24) is 0 Å². The van der Waals surface area contributed by atoms with Gasteiger partial charge in [0.1, 0.15) is 0 Å². The highest BCUT2D eigenvalue weighted by molar-refractivity contribution is 6.00. The maximum atomic E-state index is 2.61. The zero-order valence-corrected chi connectivity index (χ0v) is 44.1. The van der Waals surface area contributed by atoms with Gasteiger partial charge in [-0.3, -0.25) is 0 Å². The molecule has 0 N–H and O–H groups in total. The van der Waals surface area contributed by atoms with Crippen molar-refractivity contribution < 1.29 is 0 Å². The molecule has 1 heteroatoms. The van der Waals surface area contributed by atoms with Gasteiger partial charge in [-0.15, -0.1) is 0 Å². The Hall–Kier alpha value is -6.96. The molecule has 1 atom stereocenters. The molecule has 0 aromatic heterocycles. The fraction of sp³-hybridized carbons (Fsp3) is 0.288. The standard InChI is InChI=1S/C73H67N/c1-70(2,3)49-29-34-56-57-35-30-50(71(4,5)6)43-66(57)73(65(56)42-49)62-23-13-10-19-55(62)58-36-33-54(44-67(58)73)74(53-31-27-48(28-32-53)47-17-8-7-9-18-47)68-26-15-12-20-59(68)60-22-16-25-64-69(60)61-21-11-14-24-63(61)72(64)51-38-45-37-46(40-51)41-52(72)39-45/h7-17,19-36,42-47,51-52H,18,37-41H2,1-6H3. The lowest BCUT2D eigenvalue weighted by molar-refractivity contribution is -0.0399. The lowest BCUT2D eigenvalue weighted by Crippen LogP contribution is -2.55. The van der Waals surface area contributed by atoms with E-state index < -0.39 is 5.41 Å². The summed E-state index contributed by atoms with van der Waals surface area (Å²) < 4.78 is 0. The molecule has 8 aliphatic rings. The third kappa shape index (κ3) is 6.10. The normalized spacial score (nSPS) is 23.7. The molecule has 4 saturated carbocycles. The Labute approximate surface area is 439 Å². The van der Waals surface area contributed by atoms with E-state index in [0.29, 0.717) is 17.8 Å². The van der Waals surface area contributed by atoms with Crippen molar-refractivity contribution in [3.63, 3.8) is 0 Å². The van der Waals surface area contributed by atoms with Crippen LogP contribution in [0, 0.1) is 23.7 Å². The number of fused-ring (bicyclic) bond motifs is 13. The van der Waals surface area contributed by atoms with Crippen molar-refractivity contribution in [1.29, 1.82) is 0 Å². The lowest BCUT2D eigenvalue weighted by Gasteiger charge is -2.61. The second kappa shape index (κ2) is 15.8. The van der Waals surface area contributed by atoms with Gasteiger partial charge in [0.2, 0.25) is 0 Å². The molecule has 8 aliphatic carbocycles. The number of hydrogen-bond donors (Lipinski definition) is 0. The number of rotatable bonds is 5. The molecule has 0 radical (unpaired) electrons. The van der Waals surface area contributed by atoms with E-state index in [-0.39, 0.29) is 16.2 Å². The summed E-state index contributed by atoms with van der Waals surface area (Å²) in [5.74, 6) is 3.60. The van der Waals surface area contributed by atoms with E-state index in [1.165, 1.54) is 133 Å². The monoisotopic (exact) mass is 958 g/mol. The van der Waals surface area contributed by atoms with Crippen LogP contribution in [0.1, 0.15) is 136 Å². The minimum Gasteiger partial charge on any atom is -0.310 e. The van der Waals surface area contributed by atoms with Crippen molar-refractivity contribution in [3.8, 4) is 44.5 Å². The van der Waals surface area contributed by atoms with Gasteiger partial charge in [-0.05, 0) is 192 Å². The number of nitrogens with zero attached hydrogens (tertiary/aromatic N) is 1. The summed E-state index contributed by atoms with van der Waals surface area (Å²) >= 11 is 0. The fourth-order valence-electron chi connectivity index (χ4n) is 16.7. The molecular weight excluding hydrogens is 891 g/mol. The van der Waals surface area contributed by atoms with E-state index in [2.05, 4.69) is 241 Å². The minimum absolute atomic E-state index is 0.0192. The first kappa shape index (κ1) is 44.5. The zero-order chi connectivity index (χ0) is 49.9. The summed E-state index contributed by atoms with van der Waals surface area (Å²) in [6, 6.07) is 67.7. The van der Waals surface area contributed by atoms with Crippen LogP contribution in [-0.2, 0) is 21.7 Å². The van der Waals surface area contributed by atoms with Crippen LogP contribution in [0.3, 0.4) is 0 Å². The summed E-state index contributed by atoms with van der Waals surface area (Å²) in [6.07, 6.45) is 17.1. The van der Waals surface area contributed by atoms with Crippen molar-refractivity contribution in [2.75, 3.05) is 4.90 Å². The predicted molar refractivity (Wildman–Crippen MR) is 309 cm³/mol. The van der Waals surface area contributed by atoms with Crippen molar-refractivity contribution in [3.05, 3.63) is 244 Å². The first-order valence-corrected chi connectivity index (χ1v) is 28.0. The van der Waals surface area contributed by atoms with Crippen LogP contribution in [0.5, 0.6) is 0 Å². The highest BCUT2D eigenvalue weighted by atomic mass is 15.1. The first-order valence-electron chi connectivity index (χ1n) is 28.0. The van der Waals surface area contributed by atoms with Gasteiger partial charge in [0.05, 0.1) is 11.1 Å². The second-order valence-corrected chi connectivity index (χ2v) is 25.6. The topological polar surface area (TPSA) is 3.24 Å². The number of para-hydroxylation sites is 1. The molecule has 364 valence electrons. The van der Waals surface area contributed by atoms with Gasteiger partial charge in [0.25, 0.3) is 0 Å². The molecule has 4 fully saturated rings. The second-order valence-electron chi connectivity index (χ2n) is 25.6. The van der Waals surface area contributed by atoms with Crippen LogP contribution in [0.2, 0.25) is 0 Å². The van der Waals surface area contributed by atoms with E-state index in [4.69, 9.17) is 0 Å². The molecule has 8 aromatic rings. The van der Waals surface area contributed by atoms with Crippen molar-refractivity contribution in [2.24, 2.45) is 23.7 Å². The van der Waals surface area contributed by atoms with Crippen molar-refractivity contribution in [2.45, 2.75) is 108 Å². The average Bonchev–Trinajstić information content (AvgIpc) is 4.13. The van der Waals surface area contributed by atoms with E-state index >= 15 is 0 Å². The van der Waals surface area contributed by atoms with Crippen LogP contribution < -0.4 is 4.90 Å². The van der Waals surface area contributed by atoms with Crippen LogP contribution in [0.25, 0.3) is 44.5 Å². The summed E-state index contributed by atoms with van der Waals surface area (Å²) in [6.45, 7) is 14.2. The molecule has 1 nitrogen and oxygen atoms in total. The lowest BCUT2D eigenvalue weighted by atomic mass is 9.43. The molecule has 0 heterocycles. The predicted octanol–water partition coefficient (Wildman–Crippen LogP) is 19.1. The van der Waals surface area contributed by atoms with Crippen LogP contribution in [0.4, 0.5) is 17.1 Å². The van der Waals surface area contributed by atoms with Crippen LogP contribution in [-0.4, -0.2) is 0 Å². The van der Waals surface area contributed by atoms with Gasteiger partial charge in [0, 0.05) is 28.3 Å². The number of benzene rings is 8. The number of hydrogen-bond acceptors (Lipinski definition) is 1. The van der Waals surface area contributed by atoms with E-state index in [0.717, 1.165) is 18.3 Å². The SMILES string of the molecule is CC(C)(C)c1ccc2c(c1)C1(c3ccccc3-c3ccc(N(c4ccc(C5C=CC=CC5)cc4)c4ccccc4-c4cccc5c4-c4ccccc4C54C5CC6CC(C5)CC4C6)cc31)c1cc(C(C)(C)C)ccc1-2. The van der Waals surface area contributed by atoms with Crippen molar-refractivity contribution >= 4 is 17.1 Å². The molecule has 0 amide bonds. The van der Waals surface area contributed by atoms with Gasteiger partial charge in [-0.1, -0.05) is 205 Å². The molecule has 0 aliphatic heterocycles. The smallest absolute Gasteiger partial charge is 0.0726 e. The van der Waals surface area contributed by atoms with Gasteiger partial charge in [-0.2, -0.15) is 0 Å². The quantitative estimate of drug-likeness (QED) is 0.166. The Bertz CT molecular complexity index is 3600. The largest absolute Gasteiger partial charge is 0.310 e. The molecule has 1 unspecified atom stereocenters. The van der Waals surface area contributed by atoms with E-state index in [9.17, 15) is 0 Å². The van der Waals surface area contributed by atoms with Gasteiger partial charge < -0.3 is 4.90 Å². The summed E-state index contributed by atoms with van der Waals surface area (Å²) in [7, 11) is 0. The van der Waals surface area contributed by atoms with Gasteiger partial charge in [-0.25, -0.2) is 0 Å². The maximum absolute atomic E-state index is 2.61. The summed E-state index contributed by atoms with van der Waals surface area (Å²) in [5, 5.41) is 0. The molecule has 74 heavy (non-hydrogen) atoms. The third-order valence-corrected chi connectivity index (χ3v) is 19.7. The van der Waals surface area contributed by atoms with Gasteiger partial charge in [0.15, 0.2) is 0 Å². The molecule has 4 bridgehead atoms. The third-order valence-electron chi connectivity index (χ3n) is 19.7. The Morgan fingerprint density at radius 3 is 1.58 bits per heavy atom. The van der Waals surface area contributed by atoms with Crippen LogP contribution >= 0.6 is 0 Å². The summed E-state index contributed by atoms with van der Waals surface area (Å²) in [4.78, 5) is 2.61. The Morgan fingerprint density at radius 1 is 0.419 bits per heavy atom. The Morgan fingerprint density at radius 2 is 0.946 bits per heavy atom. The number of anilines is 3. The van der Waals surface area contributed by atoms with Crippen LogP contribution in [0.15, 0.2) is 194 Å². The average molecular weight is 958 g/mol. The molecule has 2 spiro atoms. The van der Waals surface area contributed by atoms with E-state index in [1.54, 1.807) is 11.1 Å². The first-order chi connectivity index (χ1) is 35.9. The Balaban J connectivity index is 0.976. The van der Waals surface area contributed by atoms with Gasteiger partial charge >= 0.3 is 0 Å². The zero-order valence-electron chi connectivity index (χ0n) is 44.1. The minimum atomic E-state index is -0.512. The molecular formula is C73H67N. The summed E-state index contributed by atoms with van der Waals surface area (Å²) in [5.41, 5.74) is 26.9. The maximum Gasteiger partial charge on any atom is 0.0726 e. The highest BCUT2D eigenvalue weighted by Gasteiger charge is 2.62. The fourth-order valence-corrected chi connectivity index (χ4v) is 16.7. The Kier molecular flexibility index (Phi) is 9.50. The molecule has 0 saturated heterocycles. The highest BCUT2D eigenvalue weighted by Crippen LogP contribution is 2.71.